The number of benzene rings is 1. The Morgan fingerprint density at radius 2 is 2.19 bits per heavy atom. The molecule has 0 aliphatic carbocycles. The van der Waals surface area contributed by atoms with E-state index in [0.717, 1.165) is 17.0 Å². The van der Waals surface area contributed by atoms with Crippen LogP contribution in [0.4, 0.5) is 19.5 Å². The summed E-state index contributed by atoms with van der Waals surface area (Å²) < 4.78 is 29.0. The first-order valence-electron chi connectivity index (χ1n) is 7.63. The van der Waals surface area contributed by atoms with Gasteiger partial charge >= 0.3 is 0 Å². The van der Waals surface area contributed by atoms with Gasteiger partial charge in [0, 0.05) is 18.2 Å². The Balaban J connectivity index is 1.93. The fraction of sp³-hybridized carbons (Fsp3) is 0.235. The number of hydrogen-bond acceptors (Lipinski definition) is 5. The predicted octanol–water partition coefficient (Wildman–Crippen LogP) is 3.48. The van der Waals surface area contributed by atoms with Crippen molar-refractivity contribution in [2.75, 3.05) is 11.9 Å². The van der Waals surface area contributed by atoms with Crippen molar-refractivity contribution in [3.8, 4) is 0 Å². The van der Waals surface area contributed by atoms with Crippen molar-refractivity contribution >= 4 is 22.0 Å². The maximum atomic E-state index is 14.3. The highest BCUT2D eigenvalue weighted by Crippen LogP contribution is 2.36. The lowest BCUT2D eigenvalue weighted by atomic mass is 9.93. The first kappa shape index (κ1) is 18.0. The molecule has 0 unspecified atom stereocenters. The van der Waals surface area contributed by atoms with Crippen molar-refractivity contribution in [2.24, 2.45) is 0 Å². The molecule has 0 amide bonds. The molecule has 0 saturated carbocycles. The van der Waals surface area contributed by atoms with E-state index in [2.05, 4.69) is 20.2 Å². The molecule has 0 aliphatic rings. The molecule has 0 bridgehead atoms. The van der Waals surface area contributed by atoms with Crippen LogP contribution >= 0.6 is 11.3 Å². The molecule has 26 heavy (non-hydrogen) atoms. The van der Waals surface area contributed by atoms with Crippen LogP contribution in [0.5, 0.6) is 0 Å². The number of nitrogens with zero attached hydrogens (tertiary/aromatic N) is 4. The number of nitrogens with one attached hydrogen (secondary N) is 1. The molecule has 0 radical (unpaired) electrons. The Kier molecular flexibility index (Phi) is 4.97. The summed E-state index contributed by atoms with van der Waals surface area (Å²) in [5, 5.41) is 18.7. The molecule has 134 valence electrons. The minimum Gasteiger partial charge on any atom is -0.382 e. The Labute approximate surface area is 152 Å². The van der Waals surface area contributed by atoms with Crippen molar-refractivity contribution in [1.29, 1.82) is 0 Å². The van der Waals surface area contributed by atoms with Crippen LogP contribution in [0.2, 0.25) is 0 Å². The minimum atomic E-state index is -1.73. The van der Waals surface area contributed by atoms with E-state index in [1.165, 1.54) is 34.7 Å². The van der Waals surface area contributed by atoms with E-state index >= 15 is 0 Å². The number of aryl methyl sites for hydroxylation is 1. The van der Waals surface area contributed by atoms with Gasteiger partial charge in [-0.2, -0.15) is 5.10 Å². The molecule has 0 fully saturated rings. The molecule has 9 heteroatoms. The zero-order valence-electron chi connectivity index (χ0n) is 13.8. The summed E-state index contributed by atoms with van der Waals surface area (Å²) in [6.45, 7) is 8.89. The van der Waals surface area contributed by atoms with E-state index in [-0.39, 0.29) is 18.7 Å². The Bertz CT molecular complexity index is 951. The van der Waals surface area contributed by atoms with Crippen LogP contribution in [-0.2, 0) is 12.1 Å². The lowest BCUT2D eigenvalue weighted by Gasteiger charge is -2.29. The molecule has 1 atom stereocenters. The van der Waals surface area contributed by atoms with Gasteiger partial charge in [0.25, 0.3) is 0 Å². The maximum absolute atomic E-state index is 14.3. The summed E-state index contributed by atoms with van der Waals surface area (Å²) >= 11 is 1.36. The van der Waals surface area contributed by atoms with Crippen LogP contribution in [0.25, 0.3) is 4.85 Å². The van der Waals surface area contributed by atoms with Gasteiger partial charge in [-0.05, 0) is 23.9 Å². The molecular weight excluding hydrogens is 360 g/mol. The van der Waals surface area contributed by atoms with Gasteiger partial charge in [0.1, 0.15) is 29.9 Å². The number of hydrogen-bond donors (Lipinski definition) is 2. The highest BCUT2D eigenvalue weighted by Gasteiger charge is 2.34. The van der Waals surface area contributed by atoms with Crippen LogP contribution < -0.4 is 5.32 Å². The first-order valence-corrected chi connectivity index (χ1v) is 8.45. The Morgan fingerprint density at radius 3 is 2.85 bits per heavy atom. The van der Waals surface area contributed by atoms with Crippen molar-refractivity contribution < 1.29 is 13.9 Å². The third kappa shape index (κ3) is 3.71. The number of halogens is 2. The molecular formula is C17H15F2N5OS. The molecule has 3 rings (SSSR count). The van der Waals surface area contributed by atoms with E-state index in [0.29, 0.717) is 10.7 Å². The van der Waals surface area contributed by atoms with Crippen LogP contribution in [0.1, 0.15) is 10.4 Å². The second-order valence-corrected chi connectivity index (χ2v) is 7.04. The Morgan fingerprint density at radius 1 is 1.38 bits per heavy atom. The van der Waals surface area contributed by atoms with Gasteiger partial charge < -0.3 is 10.4 Å². The van der Waals surface area contributed by atoms with Gasteiger partial charge in [0.2, 0.25) is 5.69 Å². The molecule has 0 aliphatic heterocycles. The molecule has 2 heterocycles. The minimum absolute atomic E-state index is 0.0699. The largest absolute Gasteiger partial charge is 0.382 e. The van der Waals surface area contributed by atoms with E-state index in [9.17, 15) is 13.9 Å². The number of rotatable bonds is 6. The molecule has 6 nitrogen and oxygen atoms in total. The van der Waals surface area contributed by atoms with Crippen LogP contribution in [0.15, 0.2) is 36.9 Å². The van der Waals surface area contributed by atoms with E-state index < -0.39 is 17.2 Å². The van der Waals surface area contributed by atoms with Gasteiger partial charge in [-0.1, -0.05) is 6.07 Å². The summed E-state index contributed by atoms with van der Waals surface area (Å²) in [7, 11) is 0. The third-order valence-corrected chi connectivity index (χ3v) is 4.82. The van der Waals surface area contributed by atoms with E-state index in [1.54, 1.807) is 6.07 Å². The quantitative estimate of drug-likeness (QED) is 0.648. The second-order valence-electron chi connectivity index (χ2n) is 5.79. The number of anilines is 1. The Hall–Kier alpha value is -2.83. The van der Waals surface area contributed by atoms with Crippen LogP contribution in [0, 0.1) is 25.1 Å². The van der Waals surface area contributed by atoms with Crippen LogP contribution in [-0.4, -0.2) is 26.4 Å². The van der Waals surface area contributed by atoms with Gasteiger partial charge in [-0.15, -0.1) is 11.3 Å². The highest BCUT2D eigenvalue weighted by atomic mass is 32.1. The normalized spacial score (nSPS) is 13.2. The second kappa shape index (κ2) is 7.19. The summed E-state index contributed by atoms with van der Waals surface area (Å²) in [5.41, 5.74) is -1.38. The summed E-state index contributed by atoms with van der Waals surface area (Å²) in [6.07, 6.45) is 2.70. The summed E-state index contributed by atoms with van der Waals surface area (Å²) in [4.78, 5) is 8.19. The molecule has 2 N–H and O–H groups in total. The fourth-order valence-corrected chi connectivity index (χ4v) is 3.47. The average Bonchev–Trinajstić information content (AvgIpc) is 3.21. The lowest BCUT2D eigenvalue weighted by molar-refractivity contribution is 0.0248. The standard InChI is InChI=1S/C17H15F2N5OS/c1-11-5-15(20-2)16(26-11)22-7-17(25,8-24-10-21-9-23-24)13-4-3-12(18)6-14(13)19/h3-6,9-10,22,25H,7-8H2,1H3/t17-/m0/s1. The number of thiophene rings is 1. The molecule has 3 aromatic rings. The fourth-order valence-electron chi connectivity index (χ4n) is 2.62. The monoisotopic (exact) mass is 375 g/mol. The van der Waals surface area contributed by atoms with Gasteiger partial charge in [-0.3, -0.25) is 0 Å². The summed E-state index contributed by atoms with van der Waals surface area (Å²) in [6, 6.07) is 4.75. The zero-order valence-corrected chi connectivity index (χ0v) is 14.6. The third-order valence-electron chi connectivity index (χ3n) is 3.82. The van der Waals surface area contributed by atoms with Gasteiger partial charge in [0.05, 0.1) is 18.1 Å². The lowest BCUT2D eigenvalue weighted by Crippen LogP contribution is -2.39. The molecule has 2 aromatic heterocycles. The van der Waals surface area contributed by atoms with Crippen molar-refractivity contribution in [3.63, 3.8) is 0 Å². The first-order chi connectivity index (χ1) is 12.4. The molecule has 1 aromatic carbocycles. The van der Waals surface area contributed by atoms with E-state index in [4.69, 9.17) is 6.57 Å². The van der Waals surface area contributed by atoms with Crippen molar-refractivity contribution in [1.82, 2.24) is 14.8 Å². The number of aliphatic hydroxyl groups is 1. The maximum Gasteiger partial charge on any atom is 0.220 e. The zero-order chi connectivity index (χ0) is 18.7. The summed E-state index contributed by atoms with van der Waals surface area (Å²) in [5.74, 6) is -1.59. The van der Waals surface area contributed by atoms with Crippen molar-refractivity contribution in [3.05, 3.63) is 70.4 Å². The predicted molar refractivity (Wildman–Crippen MR) is 94.1 cm³/mol. The van der Waals surface area contributed by atoms with E-state index in [1.807, 2.05) is 6.92 Å². The molecule has 0 saturated heterocycles. The van der Waals surface area contributed by atoms with Crippen LogP contribution in [0.3, 0.4) is 0 Å². The highest BCUT2D eigenvalue weighted by molar-refractivity contribution is 7.16. The van der Waals surface area contributed by atoms with Crippen molar-refractivity contribution in [2.45, 2.75) is 19.1 Å². The SMILES string of the molecule is [C-]#[N+]c1cc(C)sc1NC[C@](O)(Cn1cncn1)c1ccc(F)cc1F. The number of aromatic nitrogens is 3. The molecule has 0 spiro atoms. The topological polar surface area (TPSA) is 67.3 Å². The average molecular weight is 375 g/mol. The smallest absolute Gasteiger partial charge is 0.220 e. The van der Waals surface area contributed by atoms with Gasteiger partial charge in [-0.25, -0.2) is 23.3 Å². The van der Waals surface area contributed by atoms with Gasteiger partial charge in [0.15, 0.2) is 0 Å².